The third kappa shape index (κ3) is 3.11. The van der Waals surface area contributed by atoms with Gasteiger partial charge in [0.05, 0.1) is 11.2 Å². The number of hydrogen-bond acceptors (Lipinski definition) is 4. The molecule has 0 unspecified atom stereocenters. The van der Waals surface area contributed by atoms with Crippen molar-refractivity contribution in [2.45, 2.75) is 0 Å². The number of anilines is 1. The second-order valence-corrected chi connectivity index (χ2v) is 5.61. The van der Waals surface area contributed by atoms with Crippen molar-refractivity contribution in [3.05, 3.63) is 66.9 Å². The second-order valence-electron chi connectivity index (χ2n) is 4.33. The zero-order chi connectivity index (χ0) is 14.7. The largest absolute Gasteiger partial charge is 0.407 e. The first-order valence-corrected chi connectivity index (χ1v) is 7.66. The Labute approximate surface area is 122 Å². The molecule has 0 bridgehead atoms. The monoisotopic (exact) mass is 300 g/mol. The van der Waals surface area contributed by atoms with Crippen LogP contribution in [0.5, 0.6) is 5.75 Å². The summed E-state index contributed by atoms with van der Waals surface area (Å²) < 4.78 is 31.5. The Bertz CT molecular complexity index is 859. The molecule has 3 aromatic rings. The summed E-state index contributed by atoms with van der Waals surface area (Å²) in [5.41, 5.74) is 0.948. The van der Waals surface area contributed by atoms with E-state index in [0.29, 0.717) is 11.2 Å². The van der Waals surface area contributed by atoms with Gasteiger partial charge in [-0.05, 0) is 24.3 Å². The van der Waals surface area contributed by atoms with Crippen molar-refractivity contribution in [1.82, 2.24) is 4.98 Å². The molecule has 106 valence electrons. The minimum atomic E-state index is -3.97. The Kier molecular flexibility index (Phi) is 3.45. The lowest BCUT2D eigenvalue weighted by Crippen LogP contribution is -2.19. The first-order chi connectivity index (χ1) is 10.1. The predicted molar refractivity (Wildman–Crippen MR) is 81.4 cm³/mol. The summed E-state index contributed by atoms with van der Waals surface area (Å²) in [6, 6.07) is 17.2. The number of nitrogens with zero attached hydrogens (tertiary/aromatic N) is 1. The van der Waals surface area contributed by atoms with E-state index in [1.165, 1.54) is 0 Å². The molecule has 1 aromatic heterocycles. The highest BCUT2D eigenvalue weighted by Crippen LogP contribution is 2.22. The summed E-state index contributed by atoms with van der Waals surface area (Å²) in [7, 11) is -3.97. The molecule has 0 atom stereocenters. The maximum absolute atomic E-state index is 12.1. The first kappa shape index (κ1) is 13.4. The minimum Gasteiger partial charge on any atom is -0.367 e. The van der Waals surface area contributed by atoms with Crippen LogP contribution in [0, 0.1) is 0 Å². The average molecular weight is 300 g/mol. The third-order valence-electron chi connectivity index (χ3n) is 2.82. The maximum atomic E-state index is 12.1. The predicted octanol–water partition coefficient (Wildman–Crippen LogP) is 2.97. The third-order valence-corrected chi connectivity index (χ3v) is 3.70. The topological polar surface area (TPSA) is 68.3 Å². The number of aromatic nitrogens is 1. The van der Waals surface area contributed by atoms with E-state index in [4.69, 9.17) is 4.18 Å². The van der Waals surface area contributed by atoms with Crippen molar-refractivity contribution in [3.63, 3.8) is 0 Å². The molecule has 5 nitrogen and oxygen atoms in total. The van der Waals surface area contributed by atoms with Gasteiger partial charge in [-0.3, -0.25) is 4.98 Å². The number of fused-ring (bicyclic) bond motifs is 1. The smallest absolute Gasteiger partial charge is 0.367 e. The Morgan fingerprint density at radius 1 is 0.905 bits per heavy atom. The summed E-state index contributed by atoms with van der Waals surface area (Å²) in [5.74, 6) is 0.248. The van der Waals surface area contributed by atoms with Crippen molar-refractivity contribution in [2.75, 3.05) is 4.72 Å². The lowest BCUT2D eigenvalue weighted by molar-refractivity contribution is 0.492. The summed E-state index contributed by atoms with van der Waals surface area (Å²) in [6.45, 7) is 0. The molecular weight excluding hydrogens is 288 g/mol. The molecule has 3 rings (SSSR count). The van der Waals surface area contributed by atoms with E-state index in [-0.39, 0.29) is 5.75 Å². The fraction of sp³-hybridized carbons (Fsp3) is 0. The molecular formula is C15H12N2O3S. The highest BCUT2D eigenvalue weighted by molar-refractivity contribution is 7.88. The Balaban J connectivity index is 1.91. The fourth-order valence-electron chi connectivity index (χ4n) is 1.94. The molecule has 0 fully saturated rings. The molecule has 0 aliphatic heterocycles. The molecule has 0 amide bonds. The number of para-hydroxylation sites is 2. The van der Waals surface area contributed by atoms with Crippen LogP contribution in [0.2, 0.25) is 0 Å². The van der Waals surface area contributed by atoms with E-state index in [9.17, 15) is 8.42 Å². The lowest BCUT2D eigenvalue weighted by atomic mass is 10.2. The molecule has 0 saturated heterocycles. The quantitative estimate of drug-likeness (QED) is 0.804. The number of pyridine rings is 1. The highest BCUT2D eigenvalue weighted by Gasteiger charge is 2.14. The number of rotatable bonds is 4. The van der Waals surface area contributed by atoms with Crippen LogP contribution in [0.3, 0.4) is 0 Å². The zero-order valence-electron chi connectivity index (χ0n) is 10.9. The standard InChI is InChI=1S/C15H12N2O3S/c18-21(19,20-13-8-2-1-3-9-13)17-14-10-4-6-12-7-5-11-16-15(12)14/h1-11,17H. The summed E-state index contributed by atoms with van der Waals surface area (Å²) in [6.07, 6.45) is 1.61. The van der Waals surface area contributed by atoms with E-state index in [2.05, 4.69) is 9.71 Å². The van der Waals surface area contributed by atoms with E-state index in [0.717, 1.165) is 5.39 Å². The van der Waals surface area contributed by atoms with Gasteiger partial charge in [-0.25, -0.2) is 4.72 Å². The Morgan fingerprint density at radius 3 is 2.48 bits per heavy atom. The van der Waals surface area contributed by atoms with Crippen LogP contribution in [-0.2, 0) is 10.3 Å². The molecule has 0 spiro atoms. The van der Waals surface area contributed by atoms with Crippen LogP contribution in [0.1, 0.15) is 0 Å². The summed E-state index contributed by atoms with van der Waals surface area (Å²) >= 11 is 0. The molecule has 1 N–H and O–H groups in total. The first-order valence-electron chi connectivity index (χ1n) is 6.25. The molecule has 0 aliphatic carbocycles. The Hall–Kier alpha value is -2.60. The van der Waals surface area contributed by atoms with Crippen LogP contribution in [-0.4, -0.2) is 13.4 Å². The van der Waals surface area contributed by atoms with Gasteiger partial charge in [-0.15, -0.1) is 0 Å². The molecule has 2 aromatic carbocycles. The molecule has 1 heterocycles. The molecule has 0 radical (unpaired) electrons. The second kappa shape index (κ2) is 5.41. The number of nitrogens with one attached hydrogen (secondary N) is 1. The molecule has 6 heteroatoms. The minimum absolute atomic E-state index is 0.248. The lowest BCUT2D eigenvalue weighted by Gasteiger charge is -2.10. The van der Waals surface area contributed by atoms with E-state index in [1.807, 2.05) is 12.1 Å². The van der Waals surface area contributed by atoms with Crippen LogP contribution in [0.15, 0.2) is 66.9 Å². The number of hydrogen-bond donors (Lipinski definition) is 1. The maximum Gasteiger partial charge on any atom is 0.407 e. The SMILES string of the molecule is O=S(=O)(Nc1cccc2cccnc12)Oc1ccccc1. The van der Waals surface area contributed by atoms with Gasteiger partial charge >= 0.3 is 10.3 Å². The molecule has 21 heavy (non-hydrogen) atoms. The molecule has 0 saturated carbocycles. The van der Waals surface area contributed by atoms with Gasteiger partial charge in [0.1, 0.15) is 5.75 Å². The summed E-state index contributed by atoms with van der Waals surface area (Å²) in [5, 5.41) is 0.845. The van der Waals surface area contributed by atoms with Crippen LogP contribution in [0.4, 0.5) is 5.69 Å². The van der Waals surface area contributed by atoms with Gasteiger partial charge in [0.25, 0.3) is 0 Å². The van der Waals surface area contributed by atoms with Crippen molar-refractivity contribution in [2.24, 2.45) is 0 Å². The Morgan fingerprint density at radius 2 is 1.67 bits per heavy atom. The van der Waals surface area contributed by atoms with Crippen LogP contribution >= 0.6 is 0 Å². The zero-order valence-corrected chi connectivity index (χ0v) is 11.7. The van der Waals surface area contributed by atoms with Crippen molar-refractivity contribution in [1.29, 1.82) is 0 Å². The van der Waals surface area contributed by atoms with Gasteiger partial charge in [-0.1, -0.05) is 36.4 Å². The van der Waals surface area contributed by atoms with Gasteiger partial charge in [0, 0.05) is 11.6 Å². The van der Waals surface area contributed by atoms with E-state index < -0.39 is 10.3 Å². The van der Waals surface area contributed by atoms with Crippen LogP contribution < -0.4 is 8.91 Å². The van der Waals surface area contributed by atoms with Crippen molar-refractivity contribution < 1.29 is 12.6 Å². The van der Waals surface area contributed by atoms with Gasteiger partial charge in [-0.2, -0.15) is 8.42 Å². The van der Waals surface area contributed by atoms with E-state index in [1.54, 1.807) is 54.7 Å². The van der Waals surface area contributed by atoms with Crippen molar-refractivity contribution in [3.8, 4) is 5.75 Å². The highest BCUT2D eigenvalue weighted by atomic mass is 32.2. The van der Waals surface area contributed by atoms with Crippen molar-refractivity contribution >= 4 is 26.9 Å². The summed E-state index contributed by atoms with van der Waals surface area (Å²) in [4.78, 5) is 4.19. The average Bonchev–Trinajstić information content (AvgIpc) is 2.48. The van der Waals surface area contributed by atoms with Crippen LogP contribution in [0.25, 0.3) is 10.9 Å². The van der Waals surface area contributed by atoms with Gasteiger partial charge < -0.3 is 4.18 Å². The van der Waals surface area contributed by atoms with Gasteiger partial charge in [0.15, 0.2) is 0 Å². The number of benzene rings is 2. The van der Waals surface area contributed by atoms with Gasteiger partial charge in [0.2, 0.25) is 0 Å². The fourth-order valence-corrected chi connectivity index (χ4v) is 2.78. The normalized spacial score (nSPS) is 11.2. The molecule has 0 aliphatic rings. The van der Waals surface area contributed by atoms with E-state index >= 15 is 0 Å².